The van der Waals surface area contributed by atoms with Crippen LogP contribution in [0.4, 0.5) is 11.8 Å². The highest BCUT2D eigenvalue weighted by molar-refractivity contribution is 6.33. The number of ether oxygens (including phenoxy) is 1. The molecule has 0 fully saturated rings. The van der Waals surface area contributed by atoms with E-state index in [-0.39, 0.29) is 23.1 Å². The van der Waals surface area contributed by atoms with E-state index in [9.17, 15) is 4.79 Å². The van der Waals surface area contributed by atoms with E-state index in [4.69, 9.17) is 22.1 Å². The van der Waals surface area contributed by atoms with Gasteiger partial charge in [0, 0.05) is 24.4 Å². The van der Waals surface area contributed by atoms with Crippen molar-refractivity contribution in [2.24, 2.45) is 0 Å². The monoisotopic (exact) mass is 421 g/mol. The number of carbonyl (C=O) groups is 1. The van der Waals surface area contributed by atoms with Crippen LogP contribution in [0.3, 0.4) is 0 Å². The van der Waals surface area contributed by atoms with Gasteiger partial charge in [0.1, 0.15) is 5.82 Å². The molecule has 0 unspecified atom stereocenters. The molecule has 30 heavy (non-hydrogen) atoms. The van der Waals surface area contributed by atoms with Gasteiger partial charge in [-0.05, 0) is 38.1 Å². The van der Waals surface area contributed by atoms with Crippen molar-refractivity contribution in [3.63, 3.8) is 0 Å². The molecule has 1 aromatic carbocycles. The second kappa shape index (κ2) is 9.25. The molecule has 0 bridgehead atoms. The van der Waals surface area contributed by atoms with Crippen LogP contribution in [0.5, 0.6) is 0 Å². The Kier molecular flexibility index (Phi) is 6.50. The lowest BCUT2D eigenvalue weighted by Gasteiger charge is -2.10. The summed E-state index contributed by atoms with van der Waals surface area (Å²) in [6.45, 7) is 3.81. The van der Waals surface area contributed by atoms with Crippen molar-refractivity contribution < 1.29 is 9.53 Å². The maximum Gasteiger partial charge on any atom is 0.339 e. The lowest BCUT2D eigenvalue weighted by Crippen LogP contribution is -2.06. The molecular weight excluding hydrogens is 402 g/mol. The smallest absolute Gasteiger partial charge is 0.339 e. The number of nitrogens with two attached hydrogens (primary N) is 1. The molecule has 3 N–H and O–H groups in total. The first-order valence-electron chi connectivity index (χ1n) is 9.20. The lowest BCUT2D eigenvalue weighted by atomic mass is 10.0. The predicted molar refractivity (Wildman–Crippen MR) is 117 cm³/mol. The van der Waals surface area contributed by atoms with Crippen LogP contribution in [0.1, 0.15) is 34.1 Å². The van der Waals surface area contributed by atoms with E-state index in [1.165, 1.54) is 0 Å². The van der Waals surface area contributed by atoms with Gasteiger partial charge in [-0.25, -0.2) is 19.7 Å². The number of nitrogens with one attached hydrogen (secondary N) is 1. The van der Waals surface area contributed by atoms with Crippen LogP contribution in [0.15, 0.2) is 36.5 Å². The molecule has 0 saturated heterocycles. The highest BCUT2D eigenvalue weighted by atomic mass is 35.5. The molecule has 3 aromatic rings. The summed E-state index contributed by atoms with van der Waals surface area (Å²) in [5.74, 6) is 6.58. The molecule has 0 spiro atoms. The highest BCUT2D eigenvalue weighted by Crippen LogP contribution is 2.28. The number of pyridine rings is 1. The Labute approximate surface area is 179 Å². The third kappa shape index (κ3) is 4.67. The van der Waals surface area contributed by atoms with Gasteiger partial charge in [0.15, 0.2) is 0 Å². The van der Waals surface area contributed by atoms with E-state index in [1.54, 1.807) is 38.4 Å². The average Bonchev–Trinajstić information content (AvgIpc) is 2.73. The molecule has 3 rings (SSSR count). The van der Waals surface area contributed by atoms with Crippen LogP contribution >= 0.6 is 11.6 Å². The highest BCUT2D eigenvalue weighted by Gasteiger charge is 2.16. The first-order valence-corrected chi connectivity index (χ1v) is 9.57. The number of carbonyl (C=O) groups excluding carboxylic acids is 1. The zero-order valence-electron chi connectivity index (χ0n) is 16.8. The van der Waals surface area contributed by atoms with E-state index in [0.717, 1.165) is 11.4 Å². The minimum atomic E-state index is -0.482. The van der Waals surface area contributed by atoms with Crippen LogP contribution in [0, 0.1) is 18.8 Å². The maximum atomic E-state index is 12.0. The van der Waals surface area contributed by atoms with E-state index in [0.29, 0.717) is 22.5 Å². The van der Waals surface area contributed by atoms with Crippen molar-refractivity contribution in [1.82, 2.24) is 15.0 Å². The van der Waals surface area contributed by atoms with E-state index >= 15 is 0 Å². The van der Waals surface area contributed by atoms with Crippen molar-refractivity contribution in [1.29, 1.82) is 0 Å². The molecule has 2 aromatic heterocycles. The van der Waals surface area contributed by atoms with Gasteiger partial charge >= 0.3 is 5.97 Å². The summed E-state index contributed by atoms with van der Waals surface area (Å²) in [5.41, 5.74) is 9.33. The molecule has 152 valence electrons. The van der Waals surface area contributed by atoms with Gasteiger partial charge in [0.05, 0.1) is 34.1 Å². The molecule has 0 radical (unpaired) electrons. The molecule has 0 aliphatic carbocycles. The number of halogens is 1. The third-order valence-corrected chi connectivity index (χ3v) is 4.51. The second-order valence-corrected chi connectivity index (χ2v) is 6.65. The van der Waals surface area contributed by atoms with E-state index in [2.05, 4.69) is 32.1 Å². The van der Waals surface area contributed by atoms with Crippen LogP contribution in [-0.4, -0.2) is 34.6 Å². The summed E-state index contributed by atoms with van der Waals surface area (Å²) in [5, 5.41) is 3.22. The molecule has 0 aliphatic rings. The van der Waals surface area contributed by atoms with Crippen molar-refractivity contribution in [2.45, 2.75) is 13.8 Å². The van der Waals surface area contributed by atoms with Gasteiger partial charge in [-0.15, -0.1) is 0 Å². The zero-order valence-corrected chi connectivity index (χ0v) is 17.5. The fourth-order valence-corrected chi connectivity index (χ4v) is 3.00. The summed E-state index contributed by atoms with van der Waals surface area (Å²) < 4.78 is 5.02. The minimum absolute atomic E-state index is 0.124. The Morgan fingerprint density at radius 3 is 2.67 bits per heavy atom. The second-order valence-electron chi connectivity index (χ2n) is 6.24. The number of rotatable bonds is 4. The predicted octanol–water partition coefficient (Wildman–Crippen LogP) is 3.70. The Morgan fingerprint density at radius 1 is 1.23 bits per heavy atom. The number of aromatic nitrogens is 3. The average molecular weight is 422 g/mol. The molecule has 2 heterocycles. The van der Waals surface area contributed by atoms with Gasteiger partial charge in [-0.1, -0.05) is 29.5 Å². The quantitative estimate of drug-likeness (QED) is 0.489. The lowest BCUT2D eigenvalue weighted by molar-refractivity contribution is 0.0526. The van der Waals surface area contributed by atoms with Crippen LogP contribution in [0.25, 0.3) is 11.3 Å². The molecule has 8 heteroatoms. The molecule has 0 atom stereocenters. The maximum absolute atomic E-state index is 12.0. The molecule has 7 nitrogen and oxygen atoms in total. The molecule has 0 amide bonds. The Bertz CT molecular complexity index is 1150. The first kappa shape index (κ1) is 21.1. The number of nitrogens with zero attached hydrogens (tertiary/aromatic N) is 3. The number of benzene rings is 1. The minimum Gasteiger partial charge on any atom is -0.462 e. The summed E-state index contributed by atoms with van der Waals surface area (Å²) >= 11 is 6.32. The Morgan fingerprint density at radius 2 is 2.03 bits per heavy atom. The standard InChI is InChI=1S/C22H20ClN5O2/c1-4-30-21(29)17-9-7-15(11-18(17)23)20-16(13(2)27-22(24)28-20)8-5-14-6-10-19(25-3)26-12-14/h6-7,9-12H,4H2,1-3H3,(H,25,26)(H2,24,27,28). The van der Waals surface area contributed by atoms with Crippen molar-refractivity contribution >= 4 is 29.3 Å². The number of aryl methyl sites for hydroxylation is 1. The van der Waals surface area contributed by atoms with E-state index < -0.39 is 5.97 Å². The summed E-state index contributed by atoms with van der Waals surface area (Å²) in [7, 11) is 1.80. The normalized spacial score (nSPS) is 10.1. The molecule has 0 saturated carbocycles. The third-order valence-electron chi connectivity index (χ3n) is 4.20. The summed E-state index contributed by atoms with van der Waals surface area (Å²) in [4.78, 5) is 24.8. The summed E-state index contributed by atoms with van der Waals surface area (Å²) in [6, 6.07) is 8.67. The Balaban J connectivity index is 2.05. The SMILES string of the molecule is CCOC(=O)c1ccc(-c2nc(N)nc(C)c2C#Cc2ccc(NC)nc2)cc1Cl. The Hall–Kier alpha value is -3.63. The van der Waals surface area contributed by atoms with Crippen LogP contribution < -0.4 is 11.1 Å². The van der Waals surface area contributed by atoms with Crippen LogP contribution in [-0.2, 0) is 4.74 Å². The van der Waals surface area contributed by atoms with Crippen LogP contribution in [0.2, 0.25) is 5.02 Å². The van der Waals surface area contributed by atoms with Crippen molar-refractivity contribution in [3.8, 4) is 23.1 Å². The summed E-state index contributed by atoms with van der Waals surface area (Å²) in [6.07, 6.45) is 1.68. The van der Waals surface area contributed by atoms with Gasteiger partial charge in [0.2, 0.25) is 5.95 Å². The fraction of sp³-hybridized carbons (Fsp3) is 0.182. The molecular formula is C22H20ClN5O2. The zero-order chi connectivity index (χ0) is 21.7. The number of hydrogen-bond donors (Lipinski definition) is 2. The first-order chi connectivity index (χ1) is 14.4. The topological polar surface area (TPSA) is 103 Å². The largest absolute Gasteiger partial charge is 0.462 e. The van der Waals surface area contributed by atoms with E-state index in [1.807, 2.05) is 19.1 Å². The van der Waals surface area contributed by atoms with Crippen molar-refractivity contribution in [3.05, 3.63) is 63.9 Å². The van der Waals surface area contributed by atoms with Crippen molar-refractivity contribution in [2.75, 3.05) is 24.7 Å². The van der Waals surface area contributed by atoms with Gasteiger partial charge < -0.3 is 15.8 Å². The number of esters is 1. The van der Waals surface area contributed by atoms with Gasteiger partial charge in [-0.3, -0.25) is 0 Å². The van der Waals surface area contributed by atoms with Gasteiger partial charge in [0.25, 0.3) is 0 Å². The molecule has 0 aliphatic heterocycles. The fourth-order valence-electron chi connectivity index (χ4n) is 2.74. The van der Waals surface area contributed by atoms with Gasteiger partial charge in [-0.2, -0.15) is 0 Å². The number of nitrogen functional groups attached to an aromatic ring is 1. The number of anilines is 2. The number of hydrogen-bond acceptors (Lipinski definition) is 7.